The number of carbonyl (C=O) groups is 1. The molecule has 0 bridgehead atoms. The molecule has 18 heavy (non-hydrogen) atoms. The van der Waals surface area contributed by atoms with E-state index < -0.39 is 0 Å². The van der Waals surface area contributed by atoms with Gasteiger partial charge < -0.3 is 9.64 Å². The number of unbranched alkanes of at least 4 members (excludes halogenated alkanes) is 1. The van der Waals surface area contributed by atoms with Crippen LogP contribution < -0.4 is 0 Å². The molecule has 0 N–H and O–H groups in total. The molecule has 106 valence electrons. The number of morpholine rings is 1. The highest BCUT2D eigenvalue weighted by molar-refractivity contribution is 7.99. The molecule has 0 radical (unpaired) electrons. The van der Waals surface area contributed by atoms with E-state index in [1.165, 1.54) is 0 Å². The Labute approximate surface area is 115 Å². The third-order valence-corrected chi connectivity index (χ3v) is 4.31. The molecule has 0 aromatic carbocycles. The van der Waals surface area contributed by atoms with Gasteiger partial charge in [0.15, 0.2) is 0 Å². The van der Waals surface area contributed by atoms with E-state index in [4.69, 9.17) is 4.74 Å². The van der Waals surface area contributed by atoms with Crippen LogP contribution in [0.25, 0.3) is 0 Å². The van der Waals surface area contributed by atoms with Crippen molar-refractivity contribution >= 4 is 17.7 Å². The van der Waals surface area contributed by atoms with Crippen LogP contribution >= 0.6 is 11.8 Å². The lowest BCUT2D eigenvalue weighted by atomic mass is 10.2. The Morgan fingerprint density at radius 3 is 2.67 bits per heavy atom. The number of rotatable bonds is 7. The van der Waals surface area contributed by atoms with Gasteiger partial charge in [-0.3, -0.25) is 9.69 Å². The van der Waals surface area contributed by atoms with Crippen molar-refractivity contribution in [3.63, 3.8) is 0 Å². The van der Waals surface area contributed by atoms with Gasteiger partial charge in [0.25, 0.3) is 0 Å². The summed E-state index contributed by atoms with van der Waals surface area (Å²) < 4.78 is 5.32. The van der Waals surface area contributed by atoms with Crippen molar-refractivity contribution in [2.75, 3.05) is 52.7 Å². The molecule has 0 aromatic heterocycles. The summed E-state index contributed by atoms with van der Waals surface area (Å²) in [6, 6.07) is 0. The van der Waals surface area contributed by atoms with Crippen molar-refractivity contribution in [3.8, 4) is 0 Å². The van der Waals surface area contributed by atoms with Crippen LogP contribution in [0.2, 0.25) is 0 Å². The third kappa shape index (κ3) is 5.59. The molecule has 0 spiro atoms. The minimum absolute atomic E-state index is 0.0780. The summed E-state index contributed by atoms with van der Waals surface area (Å²) in [5, 5.41) is 0.0780. The topological polar surface area (TPSA) is 32.8 Å². The first-order valence-corrected chi connectivity index (χ1v) is 8.02. The van der Waals surface area contributed by atoms with Crippen LogP contribution in [0, 0.1) is 0 Å². The summed E-state index contributed by atoms with van der Waals surface area (Å²) in [5.74, 6) is 0.244. The molecule has 1 rings (SSSR count). The second-order valence-corrected chi connectivity index (χ2v) is 5.98. The number of ether oxygens (including phenoxy) is 1. The fourth-order valence-electron chi connectivity index (χ4n) is 2.03. The Morgan fingerprint density at radius 2 is 2.06 bits per heavy atom. The summed E-state index contributed by atoms with van der Waals surface area (Å²) in [6.45, 7) is 7.80. The molecule has 0 unspecified atom stereocenters. The van der Waals surface area contributed by atoms with Crippen molar-refractivity contribution in [2.45, 2.75) is 25.0 Å². The van der Waals surface area contributed by atoms with Crippen molar-refractivity contribution in [2.24, 2.45) is 0 Å². The highest BCUT2D eigenvalue weighted by Crippen LogP contribution is 2.09. The zero-order chi connectivity index (χ0) is 13.4. The molecule has 4 nitrogen and oxygen atoms in total. The average molecular weight is 274 g/mol. The minimum Gasteiger partial charge on any atom is -0.379 e. The second-order valence-electron chi connectivity index (χ2n) is 4.80. The molecule has 1 aliphatic rings. The number of nitrogens with zero attached hydrogens (tertiary/aromatic N) is 2. The van der Waals surface area contributed by atoms with Crippen LogP contribution in [0.3, 0.4) is 0 Å². The maximum Gasteiger partial charge on any atom is 0.235 e. The van der Waals surface area contributed by atoms with E-state index >= 15 is 0 Å². The van der Waals surface area contributed by atoms with Gasteiger partial charge in [0.05, 0.1) is 18.5 Å². The van der Waals surface area contributed by atoms with Crippen molar-refractivity contribution < 1.29 is 9.53 Å². The van der Waals surface area contributed by atoms with E-state index in [9.17, 15) is 4.79 Å². The van der Waals surface area contributed by atoms with Crippen LogP contribution in [0.15, 0.2) is 0 Å². The van der Waals surface area contributed by atoms with E-state index in [0.717, 1.165) is 52.2 Å². The molecule has 1 amide bonds. The summed E-state index contributed by atoms with van der Waals surface area (Å²) >= 11 is 1.61. The normalized spacial score (nSPS) is 18.6. The first-order valence-electron chi connectivity index (χ1n) is 6.73. The zero-order valence-electron chi connectivity index (χ0n) is 11.9. The summed E-state index contributed by atoms with van der Waals surface area (Å²) in [4.78, 5) is 16.1. The second kappa shape index (κ2) is 8.77. The molecule has 0 saturated carbocycles. The van der Waals surface area contributed by atoms with Gasteiger partial charge in [0, 0.05) is 26.7 Å². The molecule has 1 aliphatic heterocycles. The van der Waals surface area contributed by atoms with Crippen LogP contribution in [0.4, 0.5) is 0 Å². The van der Waals surface area contributed by atoms with Gasteiger partial charge in [0.1, 0.15) is 0 Å². The first-order chi connectivity index (χ1) is 8.65. The first kappa shape index (κ1) is 15.8. The molecule has 1 heterocycles. The maximum absolute atomic E-state index is 11.8. The van der Waals surface area contributed by atoms with Gasteiger partial charge in [-0.25, -0.2) is 0 Å². The molecular formula is C13H26N2O2S. The van der Waals surface area contributed by atoms with E-state index in [1.807, 2.05) is 25.1 Å². The molecule has 1 atom stereocenters. The van der Waals surface area contributed by atoms with Gasteiger partial charge in [-0.05, 0) is 32.6 Å². The molecule has 5 heteroatoms. The van der Waals surface area contributed by atoms with E-state index in [0.29, 0.717) is 0 Å². The van der Waals surface area contributed by atoms with Crippen molar-refractivity contribution in [1.29, 1.82) is 0 Å². The predicted octanol–water partition coefficient (Wildman–Crippen LogP) is 1.31. The summed E-state index contributed by atoms with van der Waals surface area (Å²) in [5.41, 5.74) is 0. The predicted molar refractivity (Wildman–Crippen MR) is 77.1 cm³/mol. The number of hydrogen-bond acceptors (Lipinski definition) is 4. The van der Waals surface area contributed by atoms with E-state index in [-0.39, 0.29) is 11.2 Å². The fourth-order valence-corrected chi connectivity index (χ4v) is 2.41. The zero-order valence-corrected chi connectivity index (χ0v) is 12.7. The Bertz CT molecular complexity index is 245. The van der Waals surface area contributed by atoms with Gasteiger partial charge in [-0.2, -0.15) is 11.8 Å². The van der Waals surface area contributed by atoms with Crippen molar-refractivity contribution in [3.05, 3.63) is 0 Å². The van der Waals surface area contributed by atoms with Crippen LogP contribution in [0.1, 0.15) is 19.8 Å². The van der Waals surface area contributed by atoms with Gasteiger partial charge in [-0.15, -0.1) is 0 Å². The van der Waals surface area contributed by atoms with E-state index in [1.54, 1.807) is 11.8 Å². The molecule has 0 aromatic rings. The number of carbonyl (C=O) groups excluding carboxylic acids is 1. The average Bonchev–Trinajstić information content (AvgIpc) is 2.42. The number of amides is 1. The van der Waals surface area contributed by atoms with Gasteiger partial charge >= 0.3 is 0 Å². The summed E-state index contributed by atoms with van der Waals surface area (Å²) in [6.07, 6.45) is 4.22. The smallest absolute Gasteiger partial charge is 0.235 e. The molecule has 0 aliphatic carbocycles. The third-order valence-electron chi connectivity index (χ3n) is 3.40. The molecule has 1 saturated heterocycles. The Morgan fingerprint density at radius 1 is 1.39 bits per heavy atom. The standard InChI is InChI=1S/C13H26N2O2S/c1-12(18-3)13(16)14(2)6-4-5-7-15-8-10-17-11-9-15/h12H,4-11H2,1-3H3/t12-/m0/s1. The van der Waals surface area contributed by atoms with Crippen LogP contribution in [-0.2, 0) is 9.53 Å². The Hall–Kier alpha value is -0.260. The van der Waals surface area contributed by atoms with Gasteiger partial charge in [0.2, 0.25) is 5.91 Å². The van der Waals surface area contributed by atoms with Crippen molar-refractivity contribution in [1.82, 2.24) is 9.80 Å². The SMILES string of the molecule is CS[C@@H](C)C(=O)N(C)CCCCN1CCOCC1. The lowest BCUT2D eigenvalue weighted by Crippen LogP contribution is -2.37. The lowest BCUT2D eigenvalue weighted by Gasteiger charge is -2.27. The fraction of sp³-hybridized carbons (Fsp3) is 0.923. The van der Waals surface area contributed by atoms with Crippen LogP contribution in [-0.4, -0.2) is 73.7 Å². The largest absolute Gasteiger partial charge is 0.379 e. The monoisotopic (exact) mass is 274 g/mol. The highest BCUT2D eigenvalue weighted by atomic mass is 32.2. The number of thioether (sulfide) groups is 1. The minimum atomic E-state index is 0.0780. The number of hydrogen-bond donors (Lipinski definition) is 0. The highest BCUT2D eigenvalue weighted by Gasteiger charge is 2.16. The molecular weight excluding hydrogens is 248 g/mol. The Balaban J connectivity index is 2.07. The summed E-state index contributed by atoms with van der Waals surface area (Å²) in [7, 11) is 1.91. The lowest BCUT2D eigenvalue weighted by molar-refractivity contribution is -0.129. The van der Waals surface area contributed by atoms with Gasteiger partial charge in [-0.1, -0.05) is 0 Å². The maximum atomic E-state index is 11.8. The quantitative estimate of drug-likeness (QED) is 0.655. The molecule has 1 fully saturated rings. The Kier molecular flexibility index (Phi) is 7.70. The van der Waals surface area contributed by atoms with Crippen LogP contribution in [0.5, 0.6) is 0 Å². The van der Waals surface area contributed by atoms with E-state index in [2.05, 4.69) is 4.90 Å².